The van der Waals surface area contributed by atoms with E-state index in [0.717, 1.165) is 24.3 Å². The molecule has 0 aliphatic rings. The molecule has 0 saturated carbocycles. The van der Waals surface area contributed by atoms with Gasteiger partial charge in [-0.2, -0.15) is 0 Å². The third-order valence-electron chi connectivity index (χ3n) is 2.40. The van der Waals surface area contributed by atoms with Gasteiger partial charge in [-0.1, -0.05) is 20.3 Å². The highest BCUT2D eigenvalue weighted by atomic mass is 35.5. The topological polar surface area (TPSA) is 59.1 Å². The molecule has 0 radical (unpaired) electrons. The van der Waals surface area contributed by atoms with Crippen LogP contribution in [0.2, 0.25) is 0 Å². The Morgan fingerprint density at radius 1 is 1.38 bits per heavy atom. The maximum absolute atomic E-state index is 7.24. The molecule has 1 aromatic rings. The Bertz CT molecular complexity index is 324. The highest BCUT2D eigenvalue weighted by Crippen LogP contribution is 2.13. The first-order valence-electron chi connectivity index (χ1n) is 5.20. The lowest BCUT2D eigenvalue weighted by atomic mass is 10.1. The normalized spacial score (nSPS) is 11.4. The Kier molecular flexibility index (Phi) is 6.58. The molecule has 0 amide bonds. The average molecular weight is 243 g/mol. The summed E-state index contributed by atoms with van der Waals surface area (Å²) in [6, 6.07) is 7.29. The van der Waals surface area contributed by atoms with Gasteiger partial charge in [-0.15, -0.1) is 12.4 Å². The van der Waals surface area contributed by atoms with Gasteiger partial charge in [-0.05, 0) is 30.2 Å². The third-order valence-corrected chi connectivity index (χ3v) is 2.40. The van der Waals surface area contributed by atoms with Crippen LogP contribution in [-0.2, 0) is 0 Å². The summed E-state index contributed by atoms with van der Waals surface area (Å²) in [5.41, 5.74) is 6.08. The fourth-order valence-electron chi connectivity index (χ4n) is 1.09. The molecule has 0 aromatic heterocycles. The number of hydrogen-bond acceptors (Lipinski definition) is 2. The molecule has 0 aliphatic heterocycles. The molecule has 0 aliphatic carbocycles. The molecular weight excluding hydrogens is 224 g/mol. The maximum atomic E-state index is 7.24. The summed E-state index contributed by atoms with van der Waals surface area (Å²) in [6.07, 6.45) is 1.12. The van der Waals surface area contributed by atoms with Gasteiger partial charge < -0.3 is 10.5 Å². The summed E-state index contributed by atoms with van der Waals surface area (Å²) >= 11 is 0. The van der Waals surface area contributed by atoms with Crippen LogP contribution < -0.4 is 10.5 Å². The second-order valence-corrected chi connectivity index (χ2v) is 3.76. The fourth-order valence-corrected chi connectivity index (χ4v) is 1.09. The predicted octanol–water partition coefficient (Wildman–Crippen LogP) is 2.82. The molecule has 1 rings (SSSR count). The molecular formula is C12H19ClN2O. The van der Waals surface area contributed by atoms with Crippen LogP contribution in [0, 0.1) is 11.3 Å². The van der Waals surface area contributed by atoms with Crippen molar-refractivity contribution in [3.63, 3.8) is 0 Å². The lowest BCUT2D eigenvalue weighted by Gasteiger charge is -2.11. The van der Waals surface area contributed by atoms with E-state index >= 15 is 0 Å². The molecule has 3 nitrogen and oxygen atoms in total. The first kappa shape index (κ1) is 14.8. The summed E-state index contributed by atoms with van der Waals surface area (Å²) in [7, 11) is 0. The smallest absolute Gasteiger partial charge is 0.122 e. The Hall–Kier alpha value is -1.22. The van der Waals surface area contributed by atoms with Gasteiger partial charge in [-0.3, -0.25) is 5.41 Å². The van der Waals surface area contributed by atoms with Crippen molar-refractivity contribution in [2.24, 2.45) is 11.7 Å². The summed E-state index contributed by atoms with van der Waals surface area (Å²) in [4.78, 5) is 0. The average Bonchev–Trinajstić information content (AvgIpc) is 2.26. The van der Waals surface area contributed by atoms with Gasteiger partial charge in [0.1, 0.15) is 11.6 Å². The molecule has 0 bridgehead atoms. The third kappa shape index (κ3) is 4.53. The fraction of sp³-hybridized carbons (Fsp3) is 0.417. The Balaban J connectivity index is 0.00000225. The van der Waals surface area contributed by atoms with E-state index in [1.165, 1.54) is 0 Å². The zero-order valence-corrected chi connectivity index (χ0v) is 10.5. The van der Waals surface area contributed by atoms with Crippen LogP contribution in [0.4, 0.5) is 0 Å². The van der Waals surface area contributed by atoms with Crippen LogP contribution in [-0.4, -0.2) is 12.4 Å². The summed E-state index contributed by atoms with van der Waals surface area (Å²) < 4.78 is 5.58. The number of rotatable bonds is 5. The van der Waals surface area contributed by atoms with Gasteiger partial charge >= 0.3 is 0 Å². The van der Waals surface area contributed by atoms with Crippen molar-refractivity contribution >= 4 is 18.2 Å². The van der Waals surface area contributed by atoms with E-state index in [0.29, 0.717) is 5.92 Å². The monoisotopic (exact) mass is 242 g/mol. The number of nitrogen functional groups attached to an aromatic ring is 1. The highest BCUT2D eigenvalue weighted by Gasteiger charge is 2.01. The van der Waals surface area contributed by atoms with Crippen molar-refractivity contribution < 1.29 is 4.74 Å². The number of ether oxygens (including phenoxy) is 1. The molecule has 16 heavy (non-hydrogen) atoms. The number of nitrogens with one attached hydrogen (secondary N) is 1. The molecule has 1 aromatic carbocycles. The molecule has 0 fully saturated rings. The number of amidine groups is 1. The summed E-state index contributed by atoms with van der Waals surface area (Å²) in [5, 5.41) is 7.24. The van der Waals surface area contributed by atoms with E-state index in [1.807, 2.05) is 12.1 Å². The molecule has 0 saturated heterocycles. The minimum atomic E-state index is 0. The zero-order chi connectivity index (χ0) is 11.3. The second kappa shape index (κ2) is 7.12. The SMILES string of the molecule is CC[C@H](C)COc1ccc(C(=N)N)cc1.Cl. The van der Waals surface area contributed by atoms with Crippen LogP contribution in [0.15, 0.2) is 24.3 Å². The Morgan fingerprint density at radius 2 is 1.94 bits per heavy atom. The van der Waals surface area contributed by atoms with Gasteiger partial charge in [0.25, 0.3) is 0 Å². The largest absolute Gasteiger partial charge is 0.493 e. The Labute approximate surface area is 103 Å². The molecule has 3 N–H and O–H groups in total. The van der Waals surface area contributed by atoms with Crippen molar-refractivity contribution in [1.82, 2.24) is 0 Å². The molecule has 0 heterocycles. The number of hydrogen-bond donors (Lipinski definition) is 2. The van der Waals surface area contributed by atoms with E-state index in [9.17, 15) is 0 Å². The molecule has 0 spiro atoms. The number of halogens is 1. The zero-order valence-electron chi connectivity index (χ0n) is 9.69. The minimum Gasteiger partial charge on any atom is -0.493 e. The second-order valence-electron chi connectivity index (χ2n) is 3.76. The van der Waals surface area contributed by atoms with Crippen LogP contribution in [0.25, 0.3) is 0 Å². The van der Waals surface area contributed by atoms with Crippen LogP contribution >= 0.6 is 12.4 Å². The van der Waals surface area contributed by atoms with Crippen molar-refractivity contribution in [2.45, 2.75) is 20.3 Å². The van der Waals surface area contributed by atoms with E-state index in [-0.39, 0.29) is 18.2 Å². The van der Waals surface area contributed by atoms with Crippen LogP contribution in [0.3, 0.4) is 0 Å². The molecule has 1 atom stereocenters. The summed E-state index contributed by atoms with van der Waals surface area (Å²) in [6.45, 7) is 5.03. The van der Waals surface area contributed by atoms with E-state index in [4.69, 9.17) is 15.9 Å². The summed E-state index contributed by atoms with van der Waals surface area (Å²) in [5.74, 6) is 1.49. The first-order valence-corrected chi connectivity index (χ1v) is 5.20. The lowest BCUT2D eigenvalue weighted by Crippen LogP contribution is -2.11. The van der Waals surface area contributed by atoms with Gasteiger partial charge in [0.2, 0.25) is 0 Å². The van der Waals surface area contributed by atoms with E-state index in [2.05, 4.69) is 13.8 Å². The van der Waals surface area contributed by atoms with Crippen molar-refractivity contribution in [1.29, 1.82) is 5.41 Å². The molecule has 90 valence electrons. The lowest BCUT2D eigenvalue weighted by molar-refractivity contribution is 0.256. The van der Waals surface area contributed by atoms with Gasteiger partial charge in [0.05, 0.1) is 6.61 Å². The number of benzene rings is 1. The quantitative estimate of drug-likeness (QED) is 0.616. The molecule has 4 heteroatoms. The number of nitrogens with two attached hydrogens (primary N) is 1. The van der Waals surface area contributed by atoms with Crippen molar-refractivity contribution in [3.8, 4) is 5.75 Å². The maximum Gasteiger partial charge on any atom is 0.122 e. The van der Waals surface area contributed by atoms with Gasteiger partial charge in [-0.25, -0.2) is 0 Å². The predicted molar refractivity (Wildman–Crippen MR) is 69.7 cm³/mol. The highest BCUT2D eigenvalue weighted by molar-refractivity contribution is 5.94. The van der Waals surface area contributed by atoms with Gasteiger partial charge in [0, 0.05) is 5.56 Å². The minimum absolute atomic E-state index is 0. The standard InChI is InChI=1S/C12H18N2O.ClH/c1-3-9(2)8-15-11-6-4-10(5-7-11)12(13)14;/h4-7,9H,3,8H2,1-2H3,(H3,13,14);1H/t9-;/m0./s1. The van der Waals surface area contributed by atoms with Crippen molar-refractivity contribution in [2.75, 3.05) is 6.61 Å². The van der Waals surface area contributed by atoms with Crippen molar-refractivity contribution in [3.05, 3.63) is 29.8 Å². The molecule has 0 unspecified atom stereocenters. The Morgan fingerprint density at radius 3 is 2.38 bits per heavy atom. The van der Waals surface area contributed by atoms with E-state index in [1.54, 1.807) is 12.1 Å². The van der Waals surface area contributed by atoms with Crippen LogP contribution in [0.5, 0.6) is 5.75 Å². The van der Waals surface area contributed by atoms with E-state index < -0.39 is 0 Å². The van der Waals surface area contributed by atoms with Gasteiger partial charge in [0.15, 0.2) is 0 Å². The van der Waals surface area contributed by atoms with Crippen LogP contribution in [0.1, 0.15) is 25.8 Å². The first-order chi connectivity index (χ1) is 7.13.